The lowest BCUT2D eigenvalue weighted by Gasteiger charge is -2.29. The number of hydrogen-bond donors (Lipinski definition) is 0. The predicted octanol–water partition coefficient (Wildman–Crippen LogP) is 3.67. The molecule has 3 aliphatic heterocycles. The maximum atomic E-state index is 5.95. The number of fused-ring (bicyclic) bond motifs is 5. The summed E-state index contributed by atoms with van der Waals surface area (Å²) >= 11 is 0. The molecule has 0 unspecified atom stereocenters. The second-order valence-corrected chi connectivity index (χ2v) is 7.42. The van der Waals surface area contributed by atoms with Crippen molar-refractivity contribution in [1.82, 2.24) is 15.1 Å². The lowest BCUT2D eigenvalue weighted by atomic mass is 9.95. The van der Waals surface area contributed by atoms with E-state index >= 15 is 0 Å². The third-order valence-electron chi connectivity index (χ3n) is 5.85. The Hall–Kier alpha value is -3.10. The number of anilines is 1. The molecule has 0 radical (unpaired) electrons. The minimum Gasteiger partial charge on any atom is -0.403 e. The van der Waals surface area contributed by atoms with E-state index in [4.69, 9.17) is 10.8 Å². The Morgan fingerprint density at radius 3 is 2.25 bits per heavy atom. The molecule has 2 aromatic rings. The fraction of sp³-hybridized carbons (Fsp3) is 0.304. The minimum atomic E-state index is 0.502. The molecule has 28 heavy (non-hydrogen) atoms. The van der Waals surface area contributed by atoms with Crippen LogP contribution in [0.2, 0.25) is 0 Å². The standard InChI is InChI=1S/C17H18N4O.C6H4/c1-2-13-5-3-4-6-15(13)16-18-19-17(22-16)21-12-11-20-9-7-14(21)8-10-20;1-2-6-4-3-5(1)6/h1,3-6,14H,7-12H2;1-4H. The smallest absolute Gasteiger partial charge is 0.318 e. The molecule has 0 amide bonds. The van der Waals surface area contributed by atoms with Gasteiger partial charge in [-0.1, -0.05) is 47.4 Å². The summed E-state index contributed by atoms with van der Waals surface area (Å²) in [6.45, 7) is 4.35. The van der Waals surface area contributed by atoms with Crippen molar-refractivity contribution >= 4 is 6.01 Å². The SMILES string of the molecule is C#Cc1ccccc1-c1nnc(N2CCN3CCC2CC3)o1.c1cc2ccc1-2. The molecular weight excluding hydrogens is 348 g/mol. The molecule has 4 heterocycles. The second kappa shape index (κ2) is 7.14. The van der Waals surface area contributed by atoms with Crippen molar-refractivity contribution in [3.05, 3.63) is 54.1 Å². The van der Waals surface area contributed by atoms with E-state index < -0.39 is 0 Å². The summed E-state index contributed by atoms with van der Waals surface area (Å²) in [4.78, 5) is 4.77. The van der Waals surface area contributed by atoms with Crippen molar-refractivity contribution in [1.29, 1.82) is 0 Å². The Labute approximate surface area is 165 Å². The minimum absolute atomic E-state index is 0.502. The van der Waals surface area contributed by atoms with Gasteiger partial charge in [-0.25, -0.2) is 0 Å². The van der Waals surface area contributed by atoms with Gasteiger partial charge >= 0.3 is 6.01 Å². The summed E-state index contributed by atoms with van der Waals surface area (Å²) in [6, 6.07) is 17.3. The van der Waals surface area contributed by atoms with E-state index in [0.29, 0.717) is 17.9 Å². The van der Waals surface area contributed by atoms with Gasteiger partial charge in [0.25, 0.3) is 5.89 Å². The highest BCUT2D eigenvalue weighted by Gasteiger charge is 2.32. The fourth-order valence-corrected chi connectivity index (χ4v) is 4.04. The van der Waals surface area contributed by atoms with Crippen LogP contribution in [0.15, 0.2) is 52.9 Å². The van der Waals surface area contributed by atoms with Crippen molar-refractivity contribution in [2.45, 2.75) is 18.9 Å². The van der Waals surface area contributed by atoms with Gasteiger partial charge in [0.2, 0.25) is 0 Å². The molecule has 1 aromatic heterocycles. The van der Waals surface area contributed by atoms with Gasteiger partial charge < -0.3 is 14.2 Å². The zero-order valence-corrected chi connectivity index (χ0v) is 15.7. The summed E-state index contributed by atoms with van der Waals surface area (Å²) in [5.74, 6) is 3.17. The maximum Gasteiger partial charge on any atom is 0.318 e. The Morgan fingerprint density at radius 1 is 0.893 bits per heavy atom. The highest BCUT2D eigenvalue weighted by molar-refractivity contribution is 5.75. The van der Waals surface area contributed by atoms with Crippen molar-refractivity contribution in [3.8, 4) is 34.9 Å². The molecule has 5 nitrogen and oxygen atoms in total. The molecule has 7 rings (SSSR count). The third kappa shape index (κ3) is 3.06. The van der Waals surface area contributed by atoms with Gasteiger partial charge in [0.1, 0.15) is 0 Å². The molecule has 1 aromatic carbocycles. The lowest BCUT2D eigenvalue weighted by Crippen LogP contribution is -2.38. The van der Waals surface area contributed by atoms with Crippen molar-refractivity contribution in [2.75, 3.05) is 31.1 Å². The highest BCUT2D eigenvalue weighted by atomic mass is 16.4. The summed E-state index contributed by atoms with van der Waals surface area (Å²) < 4.78 is 5.95. The van der Waals surface area contributed by atoms with Gasteiger partial charge in [0, 0.05) is 37.8 Å². The first kappa shape index (κ1) is 17.0. The largest absolute Gasteiger partial charge is 0.403 e. The number of aromatic nitrogens is 2. The summed E-state index contributed by atoms with van der Waals surface area (Å²) in [5.41, 5.74) is 4.46. The van der Waals surface area contributed by atoms with Crippen LogP contribution in [0.3, 0.4) is 0 Å². The van der Waals surface area contributed by atoms with Crippen LogP contribution in [0.25, 0.3) is 22.6 Å². The average molecular weight is 370 g/mol. The molecule has 0 saturated carbocycles. The van der Waals surface area contributed by atoms with Gasteiger partial charge in [0.15, 0.2) is 0 Å². The number of benzene rings is 2. The van der Waals surface area contributed by atoms with Crippen LogP contribution >= 0.6 is 0 Å². The van der Waals surface area contributed by atoms with Crippen LogP contribution in [0.1, 0.15) is 18.4 Å². The van der Waals surface area contributed by atoms with Crippen LogP contribution in [-0.2, 0) is 0 Å². The fourth-order valence-electron chi connectivity index (χ4n) is 4.04. The van der Waals surface area contributed by atoms with Crippen LogP contribution in [-0.4, -0.2) is 47.3 Å². The predicted molar refractivity (Wildman–Crippen MR) is 110 cm³/mol. The van der Waals surface area contributed by atoms with Crippen LogP contribution in [0.5, 0.6) is 0 Å². The number of terminal acetylenes is 1. The topological polar surface area (TPSA) is 45.4 Å². The zero-order valence-electron chi connectivity index (χ0n) is 15.7. The molecule has 5 heteroatoms. The normalized spacial score (nSPS) is 21.3. The second-order valence-electron chi connectivity index (χ2n) is 7.42. The van der Waals surface area contributed by atoms with Crippen LogP contribution in [0, 0.1) is 12.3 Å². The highest BCUT2D eigenvalue weighted by Crippen LogP contribution is 2.30. The molecule has 3 saturated heterocycles. The first-order valence-electron chi connectivity index (χ1n) is 9.81. The first-order chi connectivity index (χ1) is 13.8. The molecule has 2 bridgehead atoms. The van der Waals surface area contributed by atoms with Gasteiger partial charge in [0.05, 0.1) is 5.56 Å². The van der Waals surface area contributed by atoms with E-state index in [1.54, 1.807) is 0 Å². The number of piperidine rings is 1. The zero-order chi connectivity index (χ0) is 18.9. The molecule has 5 aliphatic rings. The maximum absolute atomic E-state index is 5.95. The van der Waals surface area contributed by atoms with E-state index in [-0.39, 0.29) is 0 Å². The summed E-state index contributed by atoms with van der Waals surface area (Å²) in [6.07, 6.45) is 7.88. The van der Waals surface area contributed by atoms with Gasteiger partial charge in [-0.15, -0.1) is 11.5 Å². The van der Waals surface area contributed by atoms with Crippen molar-refractivity contribution in [2.24, 2.45) is 0 Å². The summed E-state index contributed by atoms with van der Waals surface area (Å²) in [5, 5.41) is 8.49. The van der Waals surface area contributed by atoms with Gasteiger partial charge in [-0.05, 0) is 36.1 Å². The summed E-state index contributed by atoms with van der Waals surface area (Å²) in [7, 11) is 0. The Morgan fingerprint density at radius 2 is 1.61 bits per heavy atom. The van der Waals surface area contributed by atoms with E-state index in [9.17, 15) is 0 Å². The molecule has 140 valence electrons. The molecule has 0 atom stereocenters. The number of rotatable bonds is 2. The average Bonchev–Trinajstić information content (AvgIpc) is 3.03. The van der Waals surface area contributed by atoms with Crippen molar-refractivity contribution in [3.63, 3.8) is 0 Å². The Kier molecular flexibility index (Phi) is 4.34. The molecular formula is C23H22N4O. The third-order valence-corrected chi connectivity index (χ3v) is 5.85. The molecule has 0 spiro atoms. The number of nitrogens with zero attached hydrogens (tertiary/aromatic N) is 4. The van der Waals surface area contributed by atoms with E-state index in [1.165, 1.54) is 37.1 Å². The van der Waals surface area contributed by atoms with Crippen LogP contribution < -0.4 is 4.90 Å². The Bertz CT molecular complexity index is 989. The molecule has 0 N–H and O–H groups in total. The van der Waals surface area contributed by atoms with E-state index in [2.05, 4.69) is 50.2 Å². The lowest BCUT2D eigenvalue weighted by molar-refractivity contribution is 0.249. The molecule has 2 aliphatic carbocycles. The monoisotopic (exact) mass is 370 g/mol. The first-order valence-corrected chi connectivity index (χ1v) is 9.81. The van der Waals surface area contributed by atoms with Gasteiger partial charge in [-0.3, -0.25) is 0 Å². The van der Waals surface area contributed by atoms with Crippen LogP contribution in [0.4, 0.5) is 6.01 Å². The van der Waals surface area contributed by atoms with Gasteiger partial charge in [-0.2, -0.15) is 0 Å². The van der Waals surface area contributed by atoms with E-state index in [0.717, 1.165) is 24.2 Å². The number of hydrogen-bond acceptors (Lipinski definition) is 5. The van der Waals surface area contributed by atoms with Crippen molar-refractivity contribution < 1.29 is 4.42 Å². The quantitative estimate of drug-likeness (QED) is 0.504. The van der Waals surface area contributed by atoms with E-state index in [1.807, 2.05) is 24.3 Å². The molecule has 3 fully saturated rings. The Balaban J connectivity index is 0.000000239.